The van der Waals surface area contributed by atoms with Crippen LogP contribution in [0.4, 0.5) is 4.39 Å². The molecule has 1 unspecified atom stereocenters. The van der Waals surface area contributed by atoms with Crippen molar-refractivity contribution in [1.29, 1.82) is 0 Å². The molecule has 94 valence electrons. The topological polar surface area (TPSA) is 12.0 Å². The summed E-state index contributed by atoms with van der Waals surface area (Å²) in [4.78, 5) is 0. The minimum absolute atomic E-state index is 0.0491. The van der Waals surface area contributed by atoms with E-state index in [1.807, 2.05) is 13.8 Å². The van der Waals surface area contributed by atoms with E-state index in [0.717, 1.165) is 18.5 Å². The van der Waals surface area contributed by atoms with E-state index >= 15 is 0 Å². The molecule has 0 heterocycles. The first-order valence-corrected chi connectivity index (χ1v) is 6.25. The summed E-state index contributed by atoms with van der Waals surface area (Å²) in [6.07, 6.45) is 3.15. The van der Waals surface area contributed by atoms with Crippen LogP contribution in [0.5, 0.6) is 0 Å². The van der Waals surface area contributed by atoms with Gasteiger partial charge in [0.2, 0.25) is 0 Å². The molecule has 3 heteroatoms. The largest absolute Gasteiger partial charge is 0.307 e. The Kier molecular flexibility index (Phi) is 5.66. The van der Waals surface area contributed by atoms with Crippen molar-refractivity contribution < 1.29 is 4.39 Å². The summed E-state index contributed by atoms with van der Waals surface area (Å²) in [6, 6.07) is 4.59. The molecule has 0 aliphatic rings. The molecule has 0 amide bonds. The Balaban J connectivity index is 2.99. The summed E-state index contributed by atoms with van der Waals surface area (Å²) < 4.78 is 13.0. The van der Waals surface area contributed by atoms with Gasteiger partial charge < -0.3 is 5.32 Å². The van der Waals surface area contributed by atoms with Crippen molar-refractivity contribution in [2.75, 3.05) is 6.54 Å². The zero-order valence-corrected chi connectivity index (χ0v) is 11.3. The maximum Gasteiger partial charge on any atom is 0.124 e. The van der Waals surface area contributed by atoms with Gasteiger partial charge in [-0.25, -0.2) is 4.39 Å². The Bertz CT molecular complexity index is 397. The lowest BCUT2D eigenvalue weighted by atomic mass is 10.0. The maximum atomic E-state index is 13.0. The smallest absolute Gasteiger partial charge is 0.124 e. The molecular weight excluding hydrogens is 237 g/mol. The average Bonchev–Trinajstić information content (AvgIpc) is 2.24. The van der Waals surface area contributed by atoms with Crippen LogP contribution in [0.25, 0.3) is 0 Å². The number of rotatable bonds is 5. The van der Waals surface area contributed by atoms with Gasteiger partial charge in [0, 0.05) is 5.02 Å². The van der Waals surface area contributed by atoms with E-state index in [9.17, 15) is 4.39 Å². The molecule has 0 radical (unpaired) electrons. The molecule has 0 bridgehead atoms. The first-order chi connectivity index (χ1) is 8.04. The lowest BCUT2D eigenvalue weighted by molar-refractivity contribution is 0.602. The van der Waals surface area contributed by atoms with Crippen molar-refractivity contribution in [2.24, 2.45) is 0 Å². The van der Waals surface area contributed by atoms with E-state index in [2.05, 4.69) is 18.3 Å². The number of allylic oxidation sites excluding steroid dienone is 1. The molecule has 1 aromatic carbocycles. The zero-order valence-electron chi connectivity index (χ0n) is 10.6. The summed E-state index contributed by atoms with van der Waals surface area (Å²) in [6.45, 7) is 7.09. The third-order valence-corrected chi connectivity index (χ3v) is 2.74. The fourth-order valence-corrected chi connectivity index (χ4v) is 1.93. The third-order valence-electron chi connectivity index (χ3n) is 2.41. The molecule has 0 aliphatic carbocycles. The highest BCUT2D eigenvalue weighted by Gasteiger charge is 2.11. The van der Waals surface area contributed by atoms with E-state index in [1.165, 1.54) is 17.7 Å². The zero-order chi connectivity index (χ0) is 12.8. The SMILES string of the molecule is CCCNC(C=C(C)C)c1ccc(F)cc1Cl. The second-order valence-electron chi connectivity index (χ2n) is 4.34. The van der Waals surface area contributed by atoms with Crippen LogP contribution in [0, 0.1) is 5.82 Å². The number of benzene rings is 1. The van der Waals surface area contributed by atoms with E-state index in [0.29, 0.717) is 5.02 Å². The molecule has 0 spiro atoms. The van der Waals surface area contributed by atoms with E-state index in [1.54, 1.807) is 6.07 Å². The Hall–Kier alpha value is -0.860. The van der Waals surface area contributed by atoms with Gasteiger partial charge in [0.25, 0.3) is 0 Å². The fourth-order valence-electron chi connectivity index (χ4n) is 1.65. The minimum Gasteiger partial charge on any atom is -0.307 e. The molecule has 0 saturated heterocycles. The molecule has 17 heavy (non-hydrogen) atoms. The van der Waals surface area contributed by atoms with Crippen molar-refractivity contribution in [2.45, 2.75) is 33.2 Å². The second-order valence-corrected chi connectivity index (χ2v) is 4.75. The minimum atomic E-state index is -0.301. The molecule has 1 aromatic rings. The summed E-state index contributed by atoms with van der Waals surface area (Å²) in [5.41, 5.74) is 2.13. The van der Waals surface area contributed by atoms with Gasteiger partial charge in [0.05, 0.1) is 6.04 Å². The molecule has 1 atom stereocenters. The highest BCUT2D eigenvalue weighted by Crippen LogP contribution is 2.25. The number of hydrogen-bond acceptors (Lipinski definition) is 1. The molecule has 0 aliphatic heterocycles. The van der Waals surface area contributed by atoms with Crippen LogP contribution in [0.3, 0.4) is 0 Å². The molecule has 0 fully saturated rings. The lowest BCUT2D eigenvalue weighted by Crippen LogP contribution is -2.21. The fraction of sp³-hybridized carbons (Fsp3) is 0.429. The summed E-state index contributed by atoms with van der Waals surface area (Å²) in [5, 5.41) is 3.86. The van der Waals surface area contributed by atoms with Crippen LogP contribution >= 0.6 is 11.6 Å². The lowest BCUT2D eigenvalue weighted by Gasteiger charge is -2.17. The van der Waals surface area contributed by atoms with Crippen LogP contribution < -0.4 is 5.32 Å². The van der Waals surface area contributed by atoms with Crippen LogP contribution in [0.15, 0.2) is 29.8 Å². The molecule has 1 nitrogen and oxygen atoms in total. The summed E-state index contributed by atoms with van der Waals surface area (Å²) >= 11 is 6.08. The number of hydrogen-bond donors (Lipinski definition) is 1. The summed E-state index contributed by atoms with van der Waals surface area (Å²) in [5.74, 6) is -0.301. The van der Waals surface area contributed by atoms with Gasteiger partial charge >= 0.3 is 0 Å². The van der Waals surface area contributed by atoms with Gasteiger partial charge in [-0.1, -0.05) is 36.2 Å². The van der Waals surface area contributed by atoms with Gasteiger partial charge in [-0.15, -0.1) is 0 Å². The molecular formula is C14H19ClFN. The highest BCUT2D eigenvalue weighted by atomic mass is 35.5. The van der Waals surface area contributed by atoms with Gasteiger partial charge in [-0.05, 0) is 44.5 Å². The monoisotopic (exact) mass is 255 g/mol. The Labute approximate surface area is 108 Å². The predicted octanol–water partition coefficient (Wildman–Crippen LogP) is 4.49. The average molecular weight is 256 g/mol. The van der Waals surface area contributed by atoms with Crippen molar-refractivity contribution in [3.05, 3.63) is 46.3 Å². The maximum absolute atomic E-state index is 13.0. The number of nitrogens with one attached hydrogen (secondary N) is 1. The van der Waals surface area contributed by atoms with Gasteiger partial charge in [0.15, 0.2) is 0 Å². The molecule has 0 saturated carbocycles. The first kappa shape index (κ1) is 14.2. The highest BCUT2D eigenvalue weighted by molar-refractivity contribution is 6.31. The quantitative estimate of drug-likeness (QED) is 0.765. The molecule has 1 rings (SSSR count). The van der Waals surface area contributed by atoms with E-state index in [4.69, 9.17) is 11.6 Å². The van der Waals surface area contributed by atoms with Crippen molar-refractivity contribution in [3.63, 3.8) is 0 Å². The normalized spacial score (nSPS) is 12.3. The first-order valence-electron chi connectivity index (χ1n) is 5.88. The predicted molar refractivity (Wildman–Crippen MR) is 71.9 cm³/mol. The summed E-state index contributed by atoms with van der Waals surface area (Å²) in [7, 11) is 0. The Morgan fingerprint density at radius 1 is 1.47 bits per heavy atom. The standard InChI is InChI=1S/C14H19ClFN/c1-4-7-17-14(8-10(2)3)12-6-5-11(16)9-13(12)15/h5-6,8-9,14,17H,4,7H2,1-3H3. The van der Waals surface area contributed by atoms with Crippen molar-refractivity contribution in [1.82, 2.24) is 5.32 Å². The van der Waals surface area contributed by atoms with Crippen LogP contribution in [0.1, 0.15) is 38.8 Å². The second kappa shape index (κ2) is 6.77. The van der Waals surface area contributed by atoms with Crippen LogP contribution in [-0.2, 0) is 0 Å². The van der Waals surface area contributed by atoms with Crippen LogP contribution in [0.2, 0.25) is 5.02 Å². The van der Waals surface area contributed by atoms with E-state index < -0.39 is 0 Å². The van der Waals surface area contributed by atoms with Gasteiger partial charge in [-0.2, -0.15) is 0 Å². The van der Waals surface area contributed by atoms with Crippen molar-refractivity contribution in [3.8, 4) is 0 Å². The van der Waals surface area contributed by atoms with Crippen molar-refractivity contribution >= 4 is 11.6 Å². The molecule has 0 aromatic heterocycles. The van der Waals surface area contributed by atoms with Crippen LogP contribution in [-0.4, -0.2) is 6.54 Å². The Morgan fingerprint density at radius 2 is 2.18 bits per heavy atom. The van der Waals surface area contributed by atoms with Gasteiger partial charge in [0.1, 0.15) is 5.82 Å². The van der Waals surface area contributed by atoms with E-state index in [-0.39, 0.29) is 11.9 Å². The number of halogens is 2. The third kappa shape index (κ3) is 4.49. The van der Waals surface area contributed by atoms with Gasteiger partial charge in [-0.3, -0.25) is 0 Å². The Morgan fingerprint density at radius 3 is 2.71 bits per heavy atom. The molecule has 1 N–H and O–H groups in total.